The van der Waals surface area contributed by atoms with Crippen LogP contribution in [0.25, 0.3) is 0 Å². The Morgan fingerprint density at radius 1 is 1.11 bits per heavy atom. The van der Waals surface area contributed by atoms with Crippen LogP contribution in [0.1, 0.15) is 23.3 Å². The van der Waals surface area contributed by atoms with Gasteiger partial charge in [-0.1, -0.05) is 43.5 Å². The lowest BCUT2D eigenvalue weighted by atomic mass is 9.91. The highest BCUT2D eigenvalue weighted by atomic mass is 32.2. The maximum atomic E-state index is 13.4. The number of nitrogens with zero attached hydrogens (tertiary/aromatic N) is 1. The van der Waals surface area contributed by atoms with E-state index in [1.807, 2.05) is 53.2 Å². The van der Waals surface area contributed by atoms with Gasteiger partial charge in [-0.3, -0.25) is 4.79 Å². The van der Waals surface area contributed by atoms with Crippen molar-refractivity contribution >= 4 is 40.7 Å². The number of carbonyl (C=O) groups is 2. The van der Waals surface area contributed by atoms with Crippen molar-refractivity contribution in [2.45, 2.75) is 17.4 Å². The molecule has 3 atom stereocenters. The van der Waals surface area contributed by atoms with E-state index in [0.29, 0.717) is 17.3 Å². The Kier molecular flexibility index (Phi) is 9.64. The molecule has 1 N–H and O–H groups in total. The summed E-state index contributed by atoms with van der Waals surface area (Å²) in [4.78, 5) is 27.0. The minimum atomic E-state index is -0.668. The summed E-state index contributed by atoms with van der Waals surface area (Å²) in [5.74, 6) is 0.775. The zero-order valence-corrected chi connectivity index (χ0v) is 22.4. The van der Waals surface area contributed by atoms with Gasteiger partial charge in [-0.25, -0.2) is 4.79 Å². The molecule has 0 radical (unpaired) electrons. The second-order valence-corrected chi connectivity index (χ2v) is 10.3. The van der Waals surface area contributed by atoms with Crippen LogP contribution in [0, 0.1) is 0 Å². The summed E-state index contributed by atoms with van der Waals surface area (Å²) in [6.07, 6.45) is 2.45. The number of benzene rings is 2. The standard InChI is InChI=1S/C29H29NO6S2/c1-3-13-34-25-16-22(36-17-26(32)35-14-4-2)10-11-23(25)27-28(38-19-24(31)20-12-15-37-18-20)29(33)30(27)21-8-6-5-7-9-21/h3-12,15-16,18,24,27-28,31H,1-2,13-14,17,19H2/t24?,27-,28-/m1/s1. The van der Waals surface area contributed by atoms with Crippen LogP contribution in [0.4, 0.5) is 5.69 Å². The van der Waals surface area contributed by atoms with E-state index in [4.69, 9.17) is 14.2 Å². The first-order chi connectivity index (χ1) is 18.5. The van der Waals surface area contributed by atoms with Crippen molar-refractivity contribution < 1.29 is 28.9 Å². The Bertz CT molecular complexity index is 1250. The van der Waals surface area contributed by atoms with Crippen molar-refractivity contribution in [2.75, 3.05) is 30.5 Å². The van der Waals surface area contributed by atoms with Gasteiger partial charge < -0.3 is 24.2 Å². The van der Waals surface area contributed by atoms with Gasteiger partial charge in [0.25, 0.3) is 0 Å². The summed E-state index contributed by atoms with van der Waals surface area (Å²) < 4.78 is 16.6. The summed E-state index contributed by atoms with van der Waals surface area (Å²) >= 11 is 2.95. The topological polar surface area (TPSA) is 85.3 Å². The van der Waals surface area contributed by atoms with Crippen LogP contribution in [-0.4, -0.2) is 47.8 Å². The molecule has 38 heavy (non-hydrogen) atoms. The van der Waals surface area contributed by atoms with Gasteiger partial charge in [-0.05, 0) is 46.7 Å². The van der Waals surface area contributed by atoms with Gasteiger partial charge in [0.2, 0.25) is 5.91 Å². The summed E-state index contributed by atoms with van der Waals surface area (Å²) in [6, 6.07) is 16.3. The number of ether oxygens (including phenoxy) is 3. The quantitative estimate of drug-likeness (QED) is 0.164. The van der Waals surface area contributed by atoms with E-state index in [9.17, 15) is 14.7 Å². The van der Waals surface area contributed by atoms with E-state index in [1.54, 1.807) is 23.1 Å². The Morgan fingerprint density at radius 3 is 2.61 bits per heavy atom. The molecule has 3 aromatic rings. The molecule has 7 nitrogen and oxygen atoms in total. The van der Waals surface area contributed by atoms with Crippen LogP contribution >= 0.6 is 23.1 Å². The van der Waals surface area contributed by atoms with Crippen molar-refractivity contribution in [1.82, 2.24) is 0 Å². The molecule has 0 spiro atoms. The highest BCUT2D eigenvalue weighted by molar-refractivity contribution is 8.00. The average molecular weight is 552 g/mol. The van der Waals surface area contributed by atoms with Gasteiger partial charge in [-0.15, -0.1) is 11.8 Å². The van der Waals surface area contributed by atoms with Gasteiger partial charge in [0, 0.05) is 23.1 Å². The number of amides is 1. The SMILES string of the molecule is C=CCOC(=O)COc1ccc([C@@H]2[C@@H](SCC(O)c3ccsc3)C(=O)N2c2ccccc2)c(OCC=C)c1. The third kappa shape index (κ3) is 6.48. The van der Waals surface area contributed by atoms with Gasteiger partial charge >= 0.3 is 5.97 Å². The predicted molar refractivity (Wildman–Crippen MR) is 151 cm³/mol. The number of hydrogen-bond acceptors (Lipinski definition) is 8. The lowest BCUT2D eigenvalue weighted by Crippen LogP contribution is -2.57. The molecule has 1 aromatic heterocycles. The molecular weight excluding hydrogens is 522 g/mol. The maximum absolute atomic E-state index is 13.4. The highest BCUT2D eigenvalue weighted by Gasteiger charge is 2.50. The first-order valence-electron chi connectivity index (χ1n) is 12.0. The first kappa shape index (κ1) is 27.5. The summed E-state index contributed by atoms with van der Waals surface area (Å²) in [5, 5.41) is 14.0. The van der Waals surface area contributed by atoms with Crippen molar-refractivity contribution in [2.24, 2.45) is 0 Å². The van der Waals surface area contributed by atoms with Gasteiger partial charge in [-0.2, -0.15) is 11.3 Å². The van der Waals surface area contributed by atoms with Crippen LogP contribution in [0.15, 0.2) is 90.7 Å². The Morgan fingerprint density at radius 2 is 1.89 bits per heavy atom. The molecule has 1 aliphatic rings. The number of rotatable bonds is 14. The van der Waals surface area contributed by atoms with E-state index in [1.165, 1.54) is 29.2 Å². The third-order valence-corrected chi connectivity index (χ3v) is 7.85. The second-order valence-electron chi connectivity index (χ2n) is 8.37. The normalized spacial score (nSPS) is 17.3. The molecule has 1 unspecified atom stereocenters. The molecule has 198 valence electrons. The summed E-state index contributed by atoms with van der Waals surface area (Å²) in [7, 11) is 0. The first-order valence-corrected chi connectivity index (χ1v) is 14.0. The number of aliphatic hydroxyl groups excluding tert-OH is 1. The largest absolute Gasteiger partial charge is 0.489 e. The minimum Gasteiger partial charge on any atom is -0.489 e. The van der Waals surface area contributed by atoms with Crippen LogP contribution in [0.3, 0.4) is 0 Å². The van der Waals surface area contributed by atoms with E-state index in [-0.39, 0.29) is 31.8 Å². The average Bonchev–Trinajstić information content (AvgIpc) is 3.48. The zero-order chi connectivity index (χ0) is 26.9. The maximum Gasteiger partial charge on any atom is 0.344 e. The van der Waals surface area contributed by atoms with E-state index < -0.39 is 17.3 Å². The molecule has 1 aliphatic heterocycles. The Hall–Kier alpha value is -3.53. The third-order valence-electron chi connectivity index (χ3n) is 5.82. The second kappa shape index (κ2) is 13.3. The number of anilines is 1. The number of β-lactam (4-membered cyclic amide) rings is 1. The zero-order valence-electron chi connectivity index (χ0n) is 20.7. The Labute approximate surface area is 230 Å². The van der Waals surface area contributed by atoms with Crippen LogP contribution in [0.5, 0.6) is 11.5 Å². The fourth-order valence-electron chi connectivity index (χ4n) is 4.02. The van der Waals surface area contributed by atoms with Crippen molar-refractivity contribution in [3.63, 3.8) is 0 Å². The number of hydrogen-bond donors (Lipinski definition) is 1. The molecule has 0 bridgehead atoms. The Balaban J connectivity index is 1.60. The minimum absolute atomic E-state index is 0.0383. The number of thiophene rings is 1. The molecule has 2 heterocycles. The van der Waals surface area contributed by atoms with E-state index in [0.717, 1.165) is 16.8 Å². The lowest BCUT2D eigenvalue weighted by Gasteiger charge is -2.47. The summed E-state index contributed by atoms with van der Waals surface area (Å²) in [6.45, 7) is 7.36. The van der Waals surface area contributed by atoms with Crippen molar-refractivity contribution in [3.05, 3.63) is 102 Å². The van der Waals surface area contributed by atoms with Crippen LogP contribution < -0.4 is 14.4 Å². The molecule has 4 rings (SSSR count). The van der Waals surface area contributed by atoms with Gasteiger partial charge in [0.1, 0.15) is 30.0 Å². The van der Waals surface area contributed by atoms with Gasteiger partial charge in [0.15, 0.2) is 6.61 Å². The van der Waals surface area contributed by atoms with Gasteiger partial charge in [0.05, 0.1) is 12.1 Å². The monoisotopic (exact) mass is 551 g/mol. The fourth-order valence-corrected chi connectivity index (χ4v) is 6.01. The molecule has 2 aromatic carbocycles. The fraction of sp³-hybridized carbons (Fsp3) is 0.241. The number of esters is 1. The summed E-state index contributed by atoms with van der Waals surface area (Å²) in [5.41, 5.74) is 2.41. The van der Waals surface area contributed by atoms with Crippen molar-refractivity contribution in [1.29, 1.82) is 0 Å². The molecular formula is C29H29NO6S2. The molecule has 0 saturated carbocycles. The predicted octanol–water partition coefficient (Wildman–Crippen LogP) is 5.34. The number of thioether (sulfide) groups is 1. The van der Waals surface area contributed by atoms with Crippen LogP contribution in [-0.2, 0) is 14.3 Å². The molecule has 1 fully saturated rings. The highest BCUT2D eigenvalue weighted by Crippen LogP contribution is 2.48. The van der Waals surface area contributed by atoms with E-state index >= 15 is 0 Å². The molecule has 1 amide bonds. The van der Waals surface area contributed by atoms with Crippen molar-refractivity contribution in [3.8, 4) is 11.5 Å². The molecule has 9 heteroatoms. The lowest BCUT2D eigenvalue weighted by molar-refractivity contribution is -0.144. The number of carbonyl (C=O) groups excluding carboxylic acids is 2. The smallest absolute Gasteiger partial charge is 0.344 e. The van der Waals surface area contributed by atoms with E-state index in [2.05, 4.69) is 13.2 Å². The number of para-hydroxylation sites is 1. The molecule has 1 saturated heterocycles. The molecule has 0 aliphatic carbocycles. The number of aliphatic hydroxyl groups is 1. The van der Waals surface area contributed by atoms with Crippen LogP contribution in [0.2, 0.25) is 0 Å².